The standard InChI is InChI=1S/C21H38N2O/c1-3-20(22)23-21(17(2)24,16-19-12-8-5-9-13-19)15-14-18-10-6-4-7-11-18/h18-19H,3-16H2,1-2H3,(H2,22,23)/t21-/m1/s1. The topological polar surface area (TPSA) is 53.0 Å². The van der Waals surface area contributed by atoms with Crippen LogP contribution in [-0.4, -0.2) is 17.2 Å². The van der Waals surface area contributed by atoms with Gasteiger partial charge in [0.15, 0.2) is 5.78 Å². The Hall–Kier alpha value is -0.860. The van der Waals surface area contributed by atoms with Gasteiger partial charge in [0.2, 0.25) is 0 Å². The molecule has 0 saturated heterocycles. The van der Waals surface area contributed by atoms with Crippen LogP contribution in [0.15, 0.2) is 0 Å². The monoisotopic (exact) mass is 334 g/mol. The van der Waals surface area contributed by atoms with Crippen molar-refractivity contribution in [1.82, 2.24) is 5.32 Å². The number of ketones is 1. The molecule has 24 heavy (non-hydrogen) atoms. The van der Waals surface area contributed by atoms with Crippen molar-refractivity contribution in [2.24, 2.45) is 11.8 Å². The molecule has 0 heterocycles. The van der Waals surface area contributed by atoms with Crippen LogP contribution in [0.2, 0.25) is 0 Å². The molecule has 0 aliphatic heterocycles. The highest BCUT2D eigenvalue weighted by Crippen LogP contribution is 2.36. The van der Waals surface area contributed by atoms with E-state index in [2.05, 4.69) is 5.32 Å². The van der Waals surface area contributed by atoms with E-state index in [-0.39, 0.29) is 5.78 Å². The Balaban J connectivity index is 2.06. The van der Waals surface area contributed by atoms with Gasteiger partial charge in [-0.05, 0) is 38.0 Å². The Labute approximate surface area is 148 Å². The largest absolute Gasteiger partial charge is 0.362 e. The number of Topliss-reactive ketones (excluding diaryl/α,β-unsaturated/α-hetero) is 1. The maximum absolute atomic E-state index is 12.7. The van der Waals surface area contributed by atoms with Crippen LogP contribution in [0.1, 0.15) is 104 Å². The van der Waals surface area contributed by atoms with Crippen molar-refractivity contribution in [2.45, 2.75) is 109 Å². The zero-order chi connectivity index (χ0) is 17.4. The van der Waals surface area contributed by atoms with Crippen LogP contribution >= 0.6 is 0 Å². The molecule has 2 aliphatic rings. The average molecular weight is 335 g/mol. The van der Waals surface area contributed by atoms with Crippen molar-refractivity contribution in [3.8, 4) is 0 Å². The molecule has 0 radical (unpaired) electrons. The van der Waals surface area contributed by atoms with E-state index in [0.29, 0.717) is 18.2 Å². The van der Waals surface area contributed by atoms with E-state index in [1.54, 1.807) is 6.92 Å². The zero-order valence-corrected chi connectivity index (χ0v) is 16.0. The summed E-state index contributed by atoms with van der Waals surface area (Å²) in [5.41, 5.74) is -0.480. The predicted molar refractivity (Wildman–Crippen MR) is 102 cm³/mol. The summed E-state index contributed by atoms with van der Waals surface area (Å²) in [6.07, 6.45) is 17.0. The van der Waals surface area contributed by atoms with Gasteiger partial charge < -0.3 is 5.32 Å². The molecule has 138 valence electrons. The Morgan fingerprint density at radius 3 is 2.04 bits per heavy atom. The summed E-state index contributed by atoms with van der Waals surface area (Å²) in [5, 5.41) is 11.6. The first-order valence-electron chi connectivity index (χ1n) is 10.4. The molecule has 0 bridgehead atoms. The van der Waals surface area contributed by atoms with Crippen LogP contribution in [0, 0.1) is 17.2 Å². The van der Waals surface area contributed by atoms with E-state index >= 15 is 0 Å². The van der Waals surface area contributed by atoms with Gasteiger partial charge in [0.1, 0.15) is 0 Å². The lowest BCUT2D eigenvalue weighted by atomic mass is 9.73. The molecule has 0 unspecified atom stereocenters. The molecule has 2 saturated carbocycles. The Bertz CT molecular complexity index is 408. The van der Waals surface area contributed by atoms with E-state index in [4.69, 9.17) is 5.41 Å². The summed E-state index contributed by atoms with van der Waals surface area (Å²) in [6, 6.07) is 0. The molecule has 0 spiro atoms. The molecule has 2 rings (SSSR count). The van der Waals surface area contributed by atoms with Gasteiger partial charge in [-0.25, -0.2) is 0 Å². The van der Waals surface area contributed by atoms with Crippen LogP contribution < -0.4 is 5.32 Å². The number of hydrogen-bond acceptors (Lipinski definition) is 2. The van der Waals surface area contributed by atoms with Crippen molar-refractivity contribution in [3.05, 3.63) is 0 Å². The Kier molecular flexibility index (Phi) is 7.77. The fourth-order valence-corrected chi connectivity index (χ4v) is 4.81. The molecular weight excluding hydrogens is 296 g/mol. The molecule has 3 nitrogen and oxygen atoms in total. The normalized spacial score (nSPS) is 22.8. The summed E-state index contributed by atoms with van der Waals surface area (Å²) in [4.78, 5) is 12.7. The second-order valence-electron chi connectivity index (χ2n) is 8.35. The lowest BCUT2D eigenvalue weighted by Crippen LogP contribution is -2.54. The van der Waals surface area contributed by atoms with E-state index in [1.165, 1.54) is 64.2 Å². The van der Waals surface area contributed by atoms with Crippen molar-refractivity contribution >= 4 is 11.6 Å². The van der Waals surface area contributed by atoms with Crippen molar-refractivity contribution < 1.29 is 4.79 Å². The first-order chi connectivity index (χ1) is 11.6. The molecule has 0 amide bonds. The number of hydrogen-bond donors (Lipinski definition) is 2. The number of carbonyl (C=O) groups excluding carboxylic acids is 1. The zero-order valence-electron chi connectivity index (χ0n) is 16.0. The highest BCUT2D eigenvalue weighted by molar-refractivity contribution is 5.92. The molecule has 3 heteroatoms. The van der Waals surface area contributed by atoms with Crippen LogP contribution in [0.4, 0.5) is 0 Å². The van der Waals surface area contributed by atoms with Crippen molar-refractivity contribution in [1.29, 1.82) is 5.41 Å². The number of nitrogens with one attached hydrogen (secondary N) is 2. The first-order valence-corrected chi connectivity index (χ1v) is 10.4. The van der Waals surface area contributed by atoms with Crippen molar-refractivity contribution in [3.63, 3.8) is 0 Å². The molecule has 2 aliphatic carbocycles. The summed E-state index contributed by atoms with van der Waals surface area (Å²) in [7, 11) is 0. The SMILES string of the molecule is CCC(=N)N[C@](CCC1CCCCC1)(CC1CCCCC1)C(C)=O. The number of amidine groups is 1. The van der Waals surface area contributed by atoms with Gasteiger partial charge in [0, 0.05) is 6.42 Å². The summed E-state index contributed by atoms with van der Waals surface area (Å²) < 4.78 is 0. The Morgan fingerprint density at radius 1 is 1.00 bits per heavy atom. The van der Waals surface area contributed by atoms with Crippen LogP contribution in [0.25, 0.3) is 0 Å². The smallest absolute Gasteiger partial charge is 0.155 e. The van der Waals surface area contributed by atoms with Gasteiger partial charge in [-0.15, -0.1) is 0 Å². The second kappa shape index (κ2) is 9.58. The minimum absolute atomic E-state index is 0.252. The first kappa shape index (κ1) is 19.5. The van der Waals surface area contributed by atoms with Gasteiger partial charge in [-0.3, -0.25) is 10.2 Å². The van der Waals surface area contributed by atoms with Crippen LogP contribution in [-0.2, 0) is 4.79 Å². The molecule has 0 aromatic heterocycles. The second-order valence-corrected chi connectivity index (χ2v) is 8.35. The summed E-state index contributed by atoms with van der Waals surface area (Å²) in [5.74, 6) is 2.24. The van der Waals surface area contributed by atoms with E-state index in [9.17, 15) is 4.79 Å². The number of carbonyl (C=O) groups is 1. The van der Waals surface area contributed by atoms with Gasteiger partial charge in [0.25, 0.3) is 0 Å². The van der Waals surface area contributed by atoms with E-state index in [1.807, 2.05) is 6.92 Å². The fraction of sp³-hybridized carbons (Fsp3) is 0.905. The number of rotatable bonds is 8. The summed E-state index contributed by atoms with van der Waals surface area (Å²) >= 11 is 0. The van der Waals surface area contributed by atoms with Gasteiger partial charge in [-0.2, -0.15) is 0 Å². The highest BCUT2D eigenvalue weighted by atomic mass is 16.1. The highest BCUT2D eigenvalue weighted by Gasteiger charge is 2.38. The quantitative estimate of drug-likeness (QED) is 0.447. The van der Waals surface area contributed by atoms with Gasteiger partial charge in [-0.1, -0.05) is 71.1 Å². The van der Waals surface area contributed by atoms with Crippen LogP contribution in [0.5, 0.6) is 0 Å². The lowest BCUT2D eigenvalue weighted by molar-refractivity contribution is -0.124. The maximum atomic E-state index is 12.7. The average Bonchev–Trinajstić information content (AvgIpc) is 2.61. The van der Waals surface area contributed by atoms with Gasteiger partial charge >= 0.3 is 0 Å². The molecular formula is C21H38N2O. The predicted octanol–water partition coefficient (Wildman–Crippen LogP) is 5.62. The molecule has 0 aromatic rings. The fourth-order valence-electron chi connectivity index (χ4n) is 4.81. The third kappa shape index (κ3) is 5.60. The molecule has 1 atom stereocenters. The molecule has 2 N–H and O–H groups in total. The third-order valence-corrected chi connectivity index (χ3v) is 6.48. The minimum atomic E-state index is -0.480. The van der Waals surface area contributed by atoms with E-state index in [0.717, 1.165) is 25.2 Å². The maximum Gasteiger partial charge on any atom is 0.155 e. The van der Waals surface area contributed by atoms with Crippen molar-refractivity contribution in [2.75, 3.05) is 0 Å². The lowest BCUT2D eigenvalue weighted by Gasteiger charge is -2.39. The van der Waals surface area contributed by atoms with E-state index < -0.39 is 5.54 Å². The third-order valence-electron chi connectivity index (χ3n) is 6.48. The Morgan fingerprint density at radius 2 is 1.54 bits per heavy atom. The molecule has 2 fully saturated rings. The minimum Gasteiger partial charge on any atom is -0.362 e. The van der Waals surface area contributed by atoms with Gasteiger partial charge in [0.05, 0.1) is 11.4 Å². The van der Waals surface area contributed by atoms with Crippen LogP contribution in [0.3, 0.4) is 0 Å². The summed E-state index contributed by atoms with van der Waals surface area (Å²) in [6.45, 7) is 3.75. The molecule has 0 aromatic carbocycles.